The Hall–Kier alpha value is -13.7. The molecule has 5 aromatic heterocycles. The van der Waals surface area contributed by atoms with Gasteiger partial charge in [0.05, 0.1) is 23.7 Å². The summed E-state index contributed by atoms with van der Waals surface area (Å²) >= 11 is 0. The lowest BCUT2D eigenvalue weighted by Gasteiger charge is -2.32. The van der Waals surface area contributed by atoms with E-state index in [0.717, 1.165) is 120 Å². The van der Waals surface area contributed by atoms with Crippen LogP contribution in [0.5, 0.6) is 0 Å². The molecule has 5 N–H and O–H groups in total. The van der Waals surface area contributed by atoms with E-state index in [0.29, 0.717) is 131 Å². The van der Waals surface area contributed by atoms with E-state index < -0.39 is 111 Å². The van der Waals surface area contributed by atoms with Crippen molar-refractivity contribution in [1.82, 2.24) is 73.9 Å². The van der Waals surface area contributed by atoms with Crippen LogP contribution in [0, 0.1) is 34.6 Å². The number of rotatable bonds is 30. The summed E-state index contributed by atoms with van der Waals surface area (Å²) in [5.41, 5.74) is 9.64. The molecule has 35 nitrogen and oxygen atoms in total. The highest BCUT2D eigenvalue weighted by Gasteiger charge is 2.54. The van der Waals surface area contributed by atoms with Crippen molar-refractivity contribution in [1.29, 1.82) is 0 Å². The minimum Gasteiger partial charge on any atom is -0.348 e. The number of fused-ring (bicyclic) bond motifs is 5. The zero-order chi connectivity index (χ0) is 107. The number of benzene rings is 5. The van der Waals surface area contributed by atoms with Gasteiger partial charge in [-0.05, 0) is 187 Å². The monoisotopic (exact) mass is 2140 g/mol. The van der Waals surface area contributed by atoms with Gasteiger partial charge in [0.2, 0.25) is 0 Å². The van der Waals surface area contributed by atoms with Gasteiger partial charge in [-0.15, -0.1) is 0 Å². The molecule has 5 fully saturated rings. The molecule has 0 saturated heterocycles. The molecule has 20 rings (SSSR count). The van der Waals surface area contributed by atoms with Gasteiger partial charge < -0.3 is 73.9 Å². The molecule has 5 aromatic carbocycles. The Labute approximate surface area is 880 Å². The smallest absolute Gasteiger partial charge is 0.270 e. The lowest BCUT2D eigenvalue weighted by atomic mass is 10.1. The standard InChI is InChI=1S/5C22H25N3O4S/c5*1-15-3-5-16(6-4-15)13-23-19(26)17-7-8-18-21(28)24(11-12-25(18)20(17)27)14-22(9-10-22)30(2)29/h5*3-8H,9-14H2,1-2H3,(H,23,26)/t3*30-;;/m110../s1. The second-order valence-corrected chi connectivity index (χ2v) is 49.5. The summed E-state index contributed by atoms with van der Waals surface area (Å²) in [6, 6.07) is 53.8. The van der Waals surface area contributed by atoms with E-state index in [1.807, 2.05) is 156 Å². The van der Waals surface area contributed by atoms with E-state index >= 15 is 0 Å². The molecule has 10 aliphatic rings. The largest absolute Gasteiger partial charge is 0.348 e. The number of hydrogen-bond acceptors (Lipinski definition) is 20. The summed E-state index contributed by atoms with van der Waals surface area (Å²) < 4.78 is 65.3. The van der Waals surface area contributed by atoms with E-state index in [-0.39, 0.29) is 110 Å². The number of pyridine rings is 5. The van der Waals surface area contributed by atoms with Crippen molar-refractivity contribution in [2.24, 2.45) is 0 Å². The van der Waals surface area contributed by atoms with Crippen LogP contribution in [0.2, 0.25) is 0 Å². The normalized spacial score (nSPS) is 17.9. The highest BCUT2D eigenvalue weighted by molar-refractivity contribution is 7.87. The Kier molecular flexibility index (Phi) is 33.1. The van der Waals surface area contributed by atoms with E-state index in [4.69, 9.17) is 0 Å². The first-order chi connectivity index (χ1) is 71.5. The first-order valence-corrected chi connectivity index (χ1v) is 57.8. The van der Waals surface area contributed by atoms with Crippen LogP contribution >= 0.6 is 0 Å². The summed E-state index contributed by atoms with van der Waals surface area (Å²) in [6.07, 6.45) is 16.9. The second-order valence-electron chi connectivity index (χ2n) is 40.6. The highest BCUT2D eigenvalue weighted by atomic mass is 32.2. The van der Waals surface area contributed by atoms with Crippen LogP contribution in [0.25, 0.3) is 0 Å². The van der Waals surface area contributed by atoms with Crippen molar-refractivity contribution in [2.75, 3.05) is 96.7 Å². The van der Waals surface area contributed by atoms with Gasteiger partial charge in [-0.2, -0.15) is 0 Å². The van der Waals surface area contributed by atoms with Gasteiger partial charge in [0.25, 0.3) is 86.9 Å². The minimum absolute atomic E-state index is 0.0282. The quantitative estimate of drug-likeness (QED) is 0.0295. The molecule has 150 heavy (non-hydrogen) atoms. The number of carbonyl (C=O) groups excluding carboxylic acids is 10. The van der Waals surface area contributed by atoms with Crippen LogP contribution in [-0.2, 0) is 119 Å². The number of carbonyl (C=O) groups is 10. The third kappa shape index (κ3) is 24.6. The lowest BCUT2D eigenvalue weighted by Crippen LogP contribution is -2.49. The first kappa shape index (κ1) is 109. The third-order valence-electron chi connectivity index (χ3n) is 29.9. The molecule has 790 valence electrons. The van der Waals surface area contributed by atoms with Crippen LogP contribution in [-0.4, -0.2) is 248 Å². The molecular weight excluding hydrogens is 2010 g/mol. The number of nitrogens with one attached hydrogen (secondary N) is 5. The van der Waals surface area contributed by atoms with Gasteiger partial charge in [0.15, 0.2) is 0 Å². The topological polar surface area (TPSA) is 442 Å². The molecule has 10 amide bonds. The molecule has 10 heterocycles. The molecule has 5 saturated carbocycles. The van der Waals surface area contributed by atoms with Crippen molar-refractivity contribution in [3.63, 3.8) is 0 Å². The Bertz CT molecular complexity index is 6450. The summed E-state index contributed by atoms with van der Waals surface area (Å²) in [5, 5.41) is 13.9. The molecular formula is C110H125N15O20S5. The van der Waals surface area contributed by atoms with Crippen LogP contribution in [0.15, 0.2) is 206 Å². The number of aryl methyl sites for hydroxylation is 5. The predicted molar refractivity (Wildman–Crippen MR) is 575 cm³/mol. The van der Waals surface area contributed by atoms with Crippen molar-refractivity contribution in [3.05, 3.63) is 346 Å². The van der Waals surface area contributed by atoms with Crippen LogP contribution in [0.3, 0.4) is 0 Å². The predicted octanol–water partition coefficient (Wildman–Crippen LogP) is 7.27. The van der Waals surface area contributed by atoms with Crippen LogP contribution < -0.4 is 54.4 Å². The fourth-order valence-corrected chi connectivity index (χ4v) is 24.1. The van der Waals surface area contributed by atoms with Crippen LogP contribution in [0.4, 0.5) is 0 Å². The zero-order valence-corrected chi connectivity index (χ0v) is 89.8. The van der Waals surface area contributed by atoms with Gasteiger partial charge in [0.1, 0.15) is 56.3 Å². The maximum atomic E-state index is 12.9. The average Bonchev–Trinajstić information content (AvgIpc) is 1.57. The SMILES string of the molecule is Cc1ccc(CNC(=O)c2ccc3n(c2=O)CCN(CC2(S(C)=O)CC2)C3=O)cc1.Cc1ccc(CNC(=O)c2ccc3n(c2=O)CCN(CC2(S(C)=O)CC2)C3=O)cc1.Cc1ccc(CNC(=O)c2ccc3n(c2=O)CCN(CC2([S@@](C)=O)CC2)C3=O)cc1.Cc1ccc(CNC(=O)c2ccc3n(c2=O)CCN(CC2([S@@](C)=O)CC2)C3=O)cc1.Cc1ccc(CNC(=O)c2ccc3n(c2=O)CCN(CC2([S@](C)=O)CC2)C3=O)cc1. The highest BCUT2D eigenvalue weighted by Crippen LogP contribution is 2.46. The molecule has 2 unspecified atom stereocenters. The second kappa shape index (κ2) is 45.6. The zero-order valence-electron chi connectivity index (χ0n) is 85.7. The van der Waals surface area contributed by atoms with Gasteiger partial charge in [-0.3, -0.25) is 93.0 Å². The van der Waals surface area contributed by atoms with Gasteiger partial charge >= 0.3 is 0 Å². The molecule has 0 radical (unpaired) electrons. The maximum absolute atomic E-state index is 12.9. The van der Waals surface area contributed by atoms with Gasteiger partial charge in [-0.25, -0.2) is 0 Å². The molecule has 10 aromatic rings. The Morgan fingerprint density at radius 3 is 0.487 bits per heavy atom. The maximum Gasteiger partial charge on any atom is 0.270 e. The van der Waals surface area contributed by atoms with Crippen molar-refractivity contribution in [2.45, 2.75) is 188 Å². The van der Waals surface area contributed by atoms with E-state index in [1.54, 1.807) is 86.1 Å². The van der Waals surface area contributed by atoms with E-state index in [9.17, 15) is 93.0 Å². The minimum atomic E-state index is -0.989. The van der Waals surface area contributed by atoms with Gasteiger partial charge in [-0.1, -0.05) is 149 Å². The number of hydrogen-bond donors (Lipinski definition) is 5. The Morgan fingerprint density at radius 2 is 0.360 bits per heavy atom. The van der Waals surface area contributed by atoms with Crippen molar-refractivity contribution in [3.8, 4) is 0 Å². The third-order valence-corrected chi connectivity index (χ3v) is 38.7. The summed E-state index contributed by atoms with van der Waals surface area (Å²) in [7, 11) is -4.94. The van der Waals surface area contributed by atoms with E-state index in [1.165, 1.54) is 53.2 Å². The van der Waals surface area contributed by atoms with Crippen LogP contribution in [0.1, 0.15) is 224 Å². The Balaban J connectivity index is 0.000000133. The number of nitrogens with zero attached hydrogens (tertiary/aromatic N) is 10. The molecule has 40 heteroatoms. The lowest BCUT2D eigenvalue weighted by molar-refractivity contribution is 0.0689. The van der Waals surface area contributed by atoms with E-state index in [2.05, 4.69) is 26.6 Å². The first-order valence-electron chi connectivity index (χ1n) is 50.1. The molecule has 5 aliphatic carbocycles. The molecule has 5 atom stereocenters. The molecule has 5 aliphatic heterocycles. The number of amides is 10. The Morgan fingerprint density at radius 1 is 0.220 bits per heavy atom. The fraction of sp³-hybridized carbons (Fsp3) is 0.409. The van der Waals surface area contributed by atoms with Crippen molar-refractivity contribution >= 4 is 113 Å². The van der Waals surface area contributed by atoms with Crippen molar-refractivity contribution < 1.29 is 69.0 Å². The summed E-state index contributed by atoms with van der Waals surface area (Å²) in [4.78, 5) is 200. The summed E-state index contributed by atoms with van der Waals surface area (Å²) in [5.74, 6) is -3.52. The number of aromatic nitrogens is 5. The molecule has 0 spiro atoms. The van der Waals surface area contributed by atoms with Gasteiger partial charge in [0, 0.05) is 216 Å². The summed E-state index contributed by atoms with van der Waals surface area (Å²) in [6.45, 7) is 17.3. The molecule has 0 bridgehead atoms. The fourth-order valence-electron chi connectivity index (χ4n) is 19.0. The average molecular weight is 2140 g/mol.